The first-order chi connectivity index (χ1) is 15.7. The van der Waals surface area contributed by atoms with E-state index in [0.29, 0.717) is 5.75 Å². The number of carbonyl (C=O) groups excluding carboxylic acids is 3. The lowest BCUT2D eigenvalue weighted by molar-refractivity contribution is -0.143. The maximum Gasteiger partial charge on any atom is 0.250 e. The fourth-order valence-corrected chi connectivity index (χ4v) is 5.75. The molecule has 2 fully saturated rings. The number of benzene rings is 2. The summed E-state index contributed by atoms with van der Waals surface area (Å²) in [6, 6.07) is 10.9. The third kappa shape index (κ3) is 2.88. The molecule has 3 heterocycles. The van der Waals surface area contributed by atoms with Gasteiger partial charge in [-0.1, -0.05) is 38.1 Å². The third-order valence-electron chi connectivity index (χ3n) is 7.67. The topological polar surface area (TPSA) is 87.7 Å². The number of nitrogens with zero attached hydrogens (tertiary/aromatic N) is 1. The number of fused-ring (bicyclic) bond motifs is 4. The number of methoxy groups -OCH3 is 1. The molecule has 2 N–H and O–H groups in total. The number of hydrogen-bond acceptors (Lipinski definition) is 5. The standard InChI is InChI=1S/C26H29N3O4/c1-13(2)21-19-20(24(31)29(23(19)30)12-16-7-9-17(33-5)10-8-16)26(28-21)18-11-6-14(3)15(4)22(18)27-25(26)32/h6-11,13,19-21,28H,12H2,1-5H3,(H,27,32)/t19-,20+,21+,26+/m0/s1. The number of amides is 3. The van der Waals surface area contributed by atoms with Crippen molar-refractivity contribution in [2.24, 2.45) is 17.8 Å². The predicted octanol–water partition coefficient (Wildman–Crippen LogP) is 2.89. The highest BCUT2D eigenvalue weighted by Gasteiger charge is 2.70. The first-order valence-corrected chi connectivity index (χ1v) is 11.4. The molecule has 7 heteroatoms. The Balaban J connectivity index is 1.59. The number of ether oxygens (including phenoxy) is 1. The van der Waals surface area contributed by atoms with Crippen LogP contribution in [0.25, 0.3) is 0 Å². The zero-order valence-electron chi connectivity index (χ0n) is 19.6. The van der Waals surface area contributed by atoms with Gasteiger partial charge in [-0.05, 0) is 48.6 Å². The van der Waals surface area contributed by atoms with Crippen molar-refractivity contribution in [1.82, 2.24) is 10.2 Å². The van der Waals surface area contributed by atoms with Crippen molar-refractivity contribution in [2.45, 2.75) is 45.8 Å². The van der Waals surface area contributed by atoms with Gasteiger partial charge in [-0.15, -0.1) is 0 Å². The molecule has 7 nitrogen and oxygen atoms in total. The van der Waals surface area contributed by atoms with E-state index in [1.54, 1.807) is 7.11 Å². The van der Waals surface area contributed by atoms with Crippen molar-refractivity contribution < 1.29 is 19.1 Å². The molecule has 3 amide bonds. The van der Waals surface area contributed by atoms with Crippen molar-refractivity contribution in [3.05, 3.63) is 58.7 Å². The summed E-state index contributed by atoms with van der Waals surface area (Å²) in [7, 11) is 1.59. The molecule has 33 heavy (non-hydrogen) atoms. The number of aryl methyl sites for hydroxylation is 1. The fraction of sp³-hybridized carbons (Fsp3) is 0.423. The highest BCUT2D eigenvalue weighted by molar-refractivity contribution is 6.15. The number of anilines is 1. The van der Waals surface area contributed by atoms with E-state index < -0.39 is 17.4 Å². The van der Waals surface area contributed by atoms with Crippen LogP contribution in [0.4, 0.5) is 5.69 Å². The summed E-state index contributed by atoms with van der Waals surface area (Å²) in [6.07, 6.45) is 0. The Morgan fingerprint density at radius 2 is 1.73 bits per heavy atom. The minimum atomic E-state index is -1.24. The van der Waals surface area contributed by atoms with Crippen molar-refractivity contribution in [1.29, 1.82) is 0 Å². The van der Waals surface area contributed by atoms with Crippen LogP contribution < -0.4 is 15.4 Å². The molecule has 0 bridgehead atoms. The Morgan fingerprint density at radius 1 is 1.03 bits per heavy atom. The van der Waals surface area contributed by atoms with E-state index in [4.69, 9.17) is 4.74 Å². The number of imide groups is 1. The van der Waals surface area contributed by atoms with Gasteiger partial charge in [-0.3, -0.25) is 24.6 Å². The van der Waals surface area contributed by atoms with Crippen LogP contribution in [-0.2, 0) is 26.5 Å². The monoisotopic (exact) mass is 447 g/mol. The summed E-state index contributed by atoms with van der Waals surface area (Å²) in [6.45, 7) is 8.18. The molecule has 172 valence electrons. The Bertz CT molecular complexity index is 1170. The number of hydrogen-bond donors (Lipinski definition) is 2. The van der Waals surface area contributed by atoms with E-state index in [-0.39, 0.29) is 36.2 Å². The van der Waals surface area contributed by atoms with Gasteiger partial charge in [0.1, 0.15) is 11.3 Å². The van der Waals surface area contributed by atoms with E-state index >= 15 is 0 Å². The van der Waals surface area contributed by atoms with Crippen LogP contribution in [-0.4, -0.2) is 35.8 Å². The average Bonchev–Trinajstić information content (AvgIpc) is 3.38. The molecule has 0 aliphatic carbocycles. The Morgan fingerprint density at radius 3 is 2.36 bits per heavy atom. The fourth-order valence-electron chi connectivity index (χ4n) is 5.75. The van der Waals surface area contributed by atoms with Gasteiger partial charge >= 0.3 is 0 Å². The van der Waals surface area contributed by atoms with E-state index in [9.17, 15) is 14.4 Å². The van der Waals surface area contributed by atoms with Gasteiger partial charge in [-0.2, -0.15) is 0 Å². The molecular weight excluding hydrogens is 418 g/mol. The SMILES string of the molecule is COc1ccc(CN2C(=O)[C@@H]3[C@@H](C(C)C)N[C@@]4(C(=O)Nc5c4ccc(C)c5C)[C@H]3C2=O)cc1. The maximum atomic E-state index is 13.8. The van der Waals surface area contributed by atoms with Gasteiger partial charge < -0.3 is 10.1 Å². The summed E-state index contributed by atoms with van der Waals surface area (Å²) in [5.41, 5.74) is 3.16. The van der Waals surface area contributed by atoms with Crippen molar-refractivity contribution in [3.63, 3.8) is 0 Å². The second-order valence-corrected chi connectivity index (χ2v) is 9.72. The lowest BCUT2D eigenvalue weighted by atomic mass is 9.75. The van der Waals surface area contributed by atoms with Gasteiger partial charge in [0.2, 0.25) is 17.7 Å². The van der Waals surface area contributed by atoms with E-state index in [1.165, 1.54) is 4.90 Å². The van der Waals surface area contributed by atoms with E-state index in [2.05, 4.69) is 10.6 Å². The van der Waals surface area contributed by atoms with E-state index in [1.807, 2.05) is 64.1 Å². The average molecular weight is 448 g/mol. The van der Waals surface area contributed by atoms with Gasteiger partial charge in [0.15, 0.2) is 0 Å². The number of carbonyl (C=O) groups is 3. The minimum absolute atomic E-state index is 0.0676. The summed E-state index contributed by atoms with van der Waals surface area (Å²) in [5.74, 6) is -1.35. The van der Waals surface area contributed by atoms with Gasteiger partial charge in [0.25, 0.3) is 0 Å². The Labute approximate surface area is 193 Å². The lowest BCUT2D eigenvalue weighted by Gasteiger charge is -2.30. The van der Waals surface area contributed by atoms with Crippen LogP contribution in [0.5, 0.6) is 5.75 Å². The third-order valence-corrected chi connectivity index (χ3v) is 7.67. The molecule has 0 aromatic heterocycles. The van der Waals surface area contributed by atoms with Gasteiger partial charge in [0, 0.05) is 17.3 Å². The summed E-state index contributed by atoms with van der Waals surface area (Å²) >= 11 is 0. The first kappa shape index (κ1) is 21.6. The Hall–Kier alpha value is -3.19. The van der Waals surface area contributed by atoms with Crippen molar-refractivity contribution >= 4 is 23.4 Å². The highest BCUT2D eigenvalue weighted by Crippen LogP contribution is 2.54. The number of nitrogens with one attached hydrogen (secondary N) is 2. The molecular formula is C26H29N3O4. The van der Waals surface area contributed by atoms with Crippen molar-refractivity contribution in [2.75, 3.05) is 12.4 Å². The Kier molecular flexibility index (Phi) is 4.86. The maximum absolute atomic E-state index is 13.8. The molecule has 0 unspecified atom stereocenters. The lowest BCUT2D eigenvalue weighted by Crippen LogP contribution is -2.53. The first-order valence-electron chi connectivity index (χ1n) is 11.4. The predicted molar refractivity (Wildman–Crippen MR) is 124 cm³/mol. The molecule has 0 saturated carbocycles. The normalized spacial score (nSPS) is 28.0. The molecule has 3 aliphatic heterocycles. The summed E-state index contributed by atoms with van der Waals surface area (Å²) in [4.78, 5) is 42.3. The zero-order chi connectivity index (χ0) is 23.7. The quantitative estimate of drug-likeness (QED) is 0.704. The zero-order valence-corrected chi connectivity index (χ0v) is 19.6. The van der Waals surface area contributed by atoms with Crippen molar-refractivity contribution in [3.8, 4) is 5.75 Å². The molecule has 2 saturated heterocycles. The van der Waals surface area contributed by atoms with Crippen LogP contribution >= 0.6 is 0 Å². The minimum Gasteiger partial charge on any atom is -0.497 e. The largest absolute Gasteiger partial charge is 0.497 e. The number of rotatable bonds is 4. The van der Waals surface area contributed by atoms with Crippen LogP contribution in [0.3, 0.4) is 0 Å². The molecule has 4 atom stereocenters. The second kappa shape index (κ2) is 7.42. The molecule has 2 aromatic rings. The van der Waals surface area contributed by atoms with E-state index in [0.717, 1.165) is 27.9 Å². The molecule has 3 aliphatic rings. The van der Waals surface area contributed by atoms with Crippen LogP contribution in [0.15, 0.2) is 36.4 Å². The molecule has 2 aromatic carbocycles. The summed E-state index contributed by atoms with van der Waals surface area (Å²) < 4.78 is 5.21. The molecule has 1 spiro atoms. The van der Waals surface area contributed by atoms with Crippen LogP contribution in [0, 0.1) is 31.6 Å². The second-order valence-electron chi connectivity index (χ2n) is 9.72. The van der Waals surface area contributed by atoms with Gasteiger partial charge in [0.05, 0.1) is 25.5 Å². The summed E-state index contributed by atoms with van der Waals surface area (Å²) in [5, 5.41) is 6.51. The van der Waals surface area contributed by atoms with Gasteiger partial charge in [-0.25, -0.2) is 0 Å². The molecule has 5 rings (SSSR count). The smallest absolute Gasteiger partial charge is 0.250 e. The highest BCUT2D eigenvalue weighted by atomic mass is 16.5. The van der Waals surface area contributed by atoms with Crippen LogP contribution in [0.2, 0.25) is 0 Å². The number of likely N-dealkylation sites (tertiary alicyclic amines) is 1. The molecule has 0 radical (unpaired) electrons. The van der Waals surface area contributed by atoms with Crippen LogP contribution in [0.1, 0.15) is 36.1 Å².